The monoisotopic (exact) mass is 1170 g/mol. The van der Waals surface area contributed by atoms with Gasteiger partial charge < -0.3 is 62.5 Å². The van der Waals surface area contributed by atoms with Crippen molar-refractivity contribution in [3.63, 3.8) is 0 Å². The van der Waals surface area contributed by atoms with E-state index in [1.807, 2.05) is 39.8 Å². The van der Waals surface area contributed by atoms with Gasteiger partial charge in [-0.2, -0.15) is 0 Å². The van der Waals surface area contributed by atoms with Gasteiger partial charge in [-0.3, -0.25) is 72.3 Å². The Bertz CT molecular complexity index is 2490. The Morgan fingerprint density at radius 2 is 1.39 bits per heavy atom. The average molecular weight is 1170 g/mol. The van der Waals surface area contributed by atoms with Crippen LogP contribution < -0.4 is 36.8 Å². The van der Waals surface area contributed by atoms with Crippen LogP contribution in [0.5, 0.6) is 0 Å². The van der Waals surface area contributed by atoms with Crippen LogP contribution in [0, 0.1) is 11.8 Å². The zero-order valence-corrected chi connectivity index (χ0v) is 47.9. The fraction of sp³-hybridized carbons (Fsp3) is 0.679. The number of esters is 1. The van der Waals surface area contributed by atoms with Crippen LogP contribution >= 0.6 is 0 Å². The van der Waals surface area contributed by atoms with E-state index in [0.717, 1.165) is 30.5 Å². The standard InChI is InChI=1S/C53H79N11O16.Al.FH/c1-4-32(2)47(51(77)57-37-9-8-34-6-5-7-35-26-39(64(48(34)35)52(37)78)50(76)58-38-27-46(74)80-53(38)79-3)59-41(66)13-17-55-49(75)36(10-11-43(68)69)56-40(65)12-16-54-42(67)29-60-18-14-33(15-19-60)28-61-20-22-62(30-44(70)71)24-25-63(23-21-61)31-45(72)73;;/h5-7,32-33,36-39,47,53H,4,8-31H2,1-3H3,(H,54,67)(H,55,75)(H,56,65)(H,57,77)(H,58,76)(H,59,66)(H,68,69)(H,70,71)(H,72,73);;1H/q;+3;/p-3/t32-,36+,37-,38?,39-,47-,53?;;/m0../s1. The van der Waals surface area contributed by atoms with Gasteiger partial charge in [-0.05, 0) is 68.2 Å². The van der Waals surface area contributed by atoms with Gasteiger partial charge in [0.1, 0.15) is 30.2 Å². The van der Waals surface area contributed by atoms with Gasteiger partial charge in [0.2, 0.25) is 47.6 Å². The Labute approximate surface area is 480 Å². The SMILES string of the molecule is CC[C@H](C)[C@H](NC(=O)CCNC(=O)[C@@H](CCC(=O)O)NC(=O)CCNC(=O)CN1CCC(CN2CCN3CCN(CC2)CC(=O)[O][Al]([F])[O]C(=O)C3)CC1)C(=O)N[C@H]1CCc2cccc3c2N(C1=O)[C@H](C(=O)NC1CC(=O)OC1OC)C3. The van der Waals surface area contributed by atoms with Crippen LogP contribution in [0.2, 0.25) is 0 Å². The number of cyclic esters (lactones) is 1. The first kappa shape index (κ1) is 63.2. The maximum Gasteiger partial charge on any atom is 1.15 e. The van der Waals surface area contributed by atoms with Crippen molar-refractivity contribution in [3.05, 3.63) is 29.3 Å². The maximum atomic E-state index is 14.4. The average Bonchev–Trinajstić information content (AvgIpc) is 4.17. The number of hydrogen-bond acceptors (Lipinski definition) is 19. The number of fused-ring (bicyclic) bond motifs is 3. The molecular weight excluding hydrogens is 1090 g/mol. The van der Waals surface area contributed by atoms with Gasteiger partial charge >= 0.3 is 27.2 Å². The number of nitrogens with zero attached hydrogens (tertiary/aromatic N) is 5. The Hall–Kier alpha value is -6.35. The van der Waals surface area contributed by atoms with Crippen molar-refractivity contribution in [3.8, 4) is 0 Å². The second-order valence-corrected chi connectivity index (χ2v) is 22.8. The van der Waals surface area contributed by atoms with E-state index >= 15 is 0 Å². The molecule has 7 rings (SSSR count). The summed E-state index contributed by atoms with van der Waals surface area (Å²) in [6.07, 6.45) is 0.587. The zero-order valence-electron chi connectivity index (χ0n) is 46.8. The number of para-hydroxylation sites is 1. The molecule has 2 bridgehead atoms. The lowest BCUT2D eigenvalue weighted by Gasteiger charge is -2.35. The molecule has 1 aromatic carbocycles. The van der Waals surface area contributed by atoms with E-state index in [-0.39, 0.29) is 77.2 Å². The zero-order chi connectivity index (χ0) is 59.0. The fourth-order valence-corrected chi connectivity index (χ4v) is 11.8. The van der Waals surface area contributed by atoms with Gasteiger partial charge in [0, 0.05) is 91.7 Å². The van der Waals surface area contributed by atoms with Gasteiger partial charge in [0.15, 0.2) is 0 Å². The van der Waals surface area contributed by atoms with Crippen molar-refractivity contribution in [2.75, 3.05) is 104 Å². The summed E-state index contributed by atoms with van der Waals surface area (Å²) in [4.78, 5) is 153. The number of aryl methyl sites for hydroxylation is 1. The van der Waals surface area contributed by atoms with Crippen LogP contribution in [-0.2, 0) is 82.6 Å². The number of carbonyl (C=O) groups is 11. The largest absolute Gasteiger partial charge is 1.15 e. The van der Waals surface area contributed by atoms with Crippen LogP contribution in [0.1, 0.15) is 82.8 Å². The first-order valence-corrected chi connectivity index (χ1v) is 29.7. The molecule has 4 saturated heterocycles. The fourth-order valence-electron chi connectivity index (χ4n) is 11.2. The highest BCUT2D eigenvalue weighted by Gasteiger charge is 2.47. The summed E-state index contributed by atoms with van der Waals surface area (Å²) in [6, 6.07) is 0.319. The molecule has 0 aliphatic carbocycles. The maximum absolute atomic E-state index is 14.4. The van der Waals surface area contributed by atoms with Gasteiger partial charge in [-0.1, -0.05) is 38.5 Å². The van der Waals surface area contributed by atoms with Crippen LogP contribution in [0.4, 0.5) is 9.21 Å². The summed E-state index contributed by atoms with van der Waals surface area (Å²) < 4.78 is 33.9. The van der Waals surface area contributed by atoms with Crippen molar-refractivity contribution < 1.29 is 78.4 Å². The predicted octanol–water partition coefficient (Wildman–Crippen LogP) is -2.64. The third kappa shape index (κ3) is 18.1. The number of carboxylic acids is 1. The Balaban J connectivity index is 0.826. The second kappa shape index (κ2) is 30.3. The van der Waals surface area contributed by atoms with Crippen molar-refractivity contribution in [2.24, 2.45) is 11.8 Å². The lowest BCUT2D eigenvalue weighted by molar-refractivity contribution is -0.160. The van der Waals surface area contributed by atoms with E-state index in [0.29, 0.717) is 76.8 Å². The number of aliphatic carboxylic acids is 1. The number of hydrogen-bond donors (Lipinski definition) is 7. The van der Waals surface area contributed by atoms with Crippen molar-refractivity contribution in [1.82, 2.24) is 51.5 Å². The highest BCUT2D eigenvalue weighted by Crippen LogP contribution is 2.39. The van der Waals surface area contributed by atoms with E-state index in [2.05, 4.69) is 36.8 Å². The summed E-state index contributed by atoms with van der Waals surface area (Å²) in [6.45, 7) is 8.82. The molecule has 6 heterocycles. The smallest absolute Gasteiger partial charge is 0.558 e. The summed E-state index contributed by atoms with van der Waals surface area (Å²) in [5.41, 5.74) is 2.19. The first-order chi connectivity index (χ1) is 39.3. The summed E-state index contributed by atoms with van der Waals surface area (Å²) in [5, 5.41) is 25.6. The van der Waals surface area contributed by atoms with Crippen molar-refractivity contribution >= 4 is 86.2 Å². The molecule has 0 saturated carbocycles. The molecule has 0 aromatic heterocycles. The number of nitrogens with one attached hydrogen (secondary N) is 6. The van der Waals surface area contributed by atoms with Gasteiger partial charge in [0.25, 0.3) is 11.9 Å². The molecule has 0 spiro atoms. The summed E-state index contributed by atoms with van der Waals surface area (Å²) >= 11 is -3.89. The number of amides is 7. The van der Waals surface area contributed by atoms with Crippen molar-refractivity contribution in [2.45, 2.75) is 121 Å². The molecule has 450 valence electrons. The molecule has 6 aliphatic heterocycles. The first-order valence-electron chi connectivity index (χ1n) is 28.3. The number of benzene rings is 1. The molecule has 27 nitrogen and oxygen atoms in total. The van der Waals surface area contributed by atoms with E-state index < -0.39 is 123 Å². The highest BCUT2D eigenvalue weighted by atomic mass is 27.3. The number of piperidine rings is 1. The quantitative estimate of drug-likeness (QED) is 0.0435. The topological polar surface area (TPSA) is 333 Å². The number of ether oxygens (including phenoxy) is 2. The Morgan fingerprint density at radius 3 is 2.04 bits per heavy atom. The molecule has 9 atom stereocenters. The van der Waals surface area contributed by atoms with E-state index in [9.17, 15) is 61.4 Å². The van der Waals surface area contributed by atoms with E-state index in [1.165, 1.54) is 12.0 Å². The highest BCUT2D eigenvalue weighted by molar-refractivity contribution is 6.41. The van der Waals surface area contributed by atoms with Crippen LogP contribution in [0.3, 0.4) is 0 Å². The third-order valence-corrected chi connectivity index (χ3v) is 16.8. The van der Waals surface area contributed by atoms with Crippen LogP contribution in [-0.4, -0.2) is 240 Å². The molecule has 6 aliphatic rings. The minimum atomic E-state index is -3.89. The Kier molecular flexibility index (Phi) is 23.3. The second-order valence-electron chi connectivity index (χ2n) is 21.8. The number of carbonyl (C=O) groups excluding carboxylic acids is 10. The van der Waals surface area contributed by atoms with Crippen LogP contribution in [0.25, 0.3) is 0 Å². The number of carboxylic acid groups (broad SMARTS) is 1. The summed E-state index contributed by atoms with van der Waals surface area (Å²) in [7, 11) is 1.35. The molecule has 4 fully saturated rings. The molecule has 7 amide bonds. The molecule has 82 heavy (non-hydrogen) atoms. The van der Waals surface area contributed by atoms with E-state index in [1.54, 1.807) is 6.92 Å². The van der Waals surface area contributed by atoms with E-state index in [4.69, 9.17) is 17.1 Å². The molecule has 29 heteroatoms. The normalized spacial score (nSPS) is 24.7. The molecule has 0 radical (unpaired) electrons. The van der Waals surface area contributed by atoms with Crippen molar-refractivity contribution in [1.29, 1.82) is 0 Å². The lowest BCUT2D eigenvalue weighted by Crippen LogP contribution is -2.59. The van der Waals surface area contributed by atoms with Gasteiger partial charge in [-0.15, -0.1) is 0 Å². The molecular formula is C53H77AlFN11O16. The molecule has 4 unspecified atom stereocenters. The number of anilines is 1. The molecule has 7 N–H and O–H groups in total. The number of halogens is 1. The minimum absolute atomic E-state index is 0.0516. The summed E-state index contributed by atoms with van der Waals surface area (Å²) in [5.74, 6) is -7.26. The number of rotatable bonds is 23. The number of methoxy groups -OCH3 is 1. The van der Waals surface area contributed by atoms with Crippen LogP contribution in [0.15, 0.2) is 18.2 Å². The van der Waals surface area contributed by atoms with Gasteiger partial charge in [0.05, 0.1) is 31.7 Å². The number of likely N-dealkylation sites (tertiary alicyclic amines) is 1. The third-order valence-electron chi connectivity index (χ3n) is 15.9. The minimum Gasteiger partial charge on any atom is -0.558 e. The lowest BCUT2D eigenvalue weighted by atomic mass is 9.96. The predicted molar refractivity (Wildman–Crippen MR) is 288 cm³/mol. The Morgan fingerprint density at radius 1 is 0.756 bits per heavy atom. The van der Waals surface area contributed by atoms with Gasteiger partial charge in [-0.25, -0.2) is 0 Å². The molecule has 1 aromatic rings.